The maximum Gasteiger partial charge on any atom is 0.414 e. The molecule has 35 heavy (non-hydrogen) atoms. The van der Waals surface area contributed by atoms with Gasteiger partial charge in [0, 0.05) is 43.7 Å². The van der Waals surface area contributed by atoms with Crippen LogP contribution in [0.15, 0.2) is 36.2 Å². The Morgan fingerprint density at radius 1 is 1.20 bits per heavy atom. The zero-order chi connectivity index (χ0) is 25.7. The van der Waals surface area contributed by atoms with Crippen LogP contribution in [0.4, 0.5) is 25.0 Å². The number of anilines is 2. The normalized spacial score (nSPS) is 18.5. The van der Waals surface area contributed by atoms with Crippen LogP contribution in [-0.2, 0) is 14.3 Å². The lowest BCUT2D eigenvalue weighted by Gasteiger charge is -2.28. The Balaban J connectivity index is 1.78. The van der Waals surface area contributed by atoms with E-state index in [0.29, 0.717) is 6.41 Å². The fraction of sp³-hybridized carbons (Fsp3) is 0.409. The van der Waals surface area contributed by atoms with Crippen molar-refractivity contribution in [3.05, 3.63) is 47.8 Å². The molecule has 1 aromatic rings. The monoisotopic (exact) mass is 493 g/mol. The number of hydrogen-bond donors (Lipinski definition) is 2. The molecule has 0 spiro atoms. The van der Waals surface area contributed by atoms with Crippen LogP contribution in [0.1, 0.15) is 13.8 Å². The fourth-order valence-electron chi connectivity index (χ4n) is 3.94. The number of carbonyl (C=O) groups excluding carboxylic acids is 3. The third-order valence-electron chi connectivity index (χ3n) is 5.47. The van der Waals surface area contributed by atoms with E-state index in [-0.39, 0.29) is 50.6 Å². The molecule has 3 amide bonds. The first-order chi connectivity index (χ1) is 16.6. The molecule has 2 saturated heterocycles. The standard InChI is InChI=1S/C22H29F2N7O4/c1-15(2)9-20(33)31-8-6-27(5-7-29(31)14-32)21-18(23)10-16(11-19(21)24)30-13-17(35-22(30)34)12-28(26)4-3-25/h3-4,9-11,14,17H,5-8,12-13,25-26H2,1-2H3/b4-3-/t17-/m0/s1. The lowest BCUT2D eigenvalue weighted by Crippen LogP contribution is -2.45. The van der Waals surface area contributed by atoms with Crippen LogP contribution in [0, 0.1) is 11.6 Å². The Bertz CT molecular complexity index is 1010. The number of hydrazine groups is 2. The van der Waals surface area contributed by atoms with Crippen molar-refractivity contribution in [2.24, 2.45) is 11.6 Å². The van der Waals surface area contributed by atoms with Crippen LogP contribution < -0.4 is 21.4 Å². The maximum absolute atomic E-state index is 15.1. The summed E-state index contributed by atoms with van der Waals surface area (Å²) in [4.78, 5) is 38.8. The number of allylic oxidation sites excluding steroid dienone is 1. The number of amides is 3. The summed E-state index contributed by atoms with van der Waals surface area (Å²) in [5.74, 6) is 3.54. The molecule has 0 radical (unpaired) electrons. The van der Waals surface area contributed by atoms with E-state index in [1.165, 1.54) is 38.4 Å². The molecule has 0 unspecified atom stereocenters. The van der Waals surface area contributed by atoms with E-state index in [4.69, 9.17) is 16.3 Å². The Morgan fingerprint density at radius 2 is 1.86 bits per heavy atom. The molecule has 2 heterocycles. The number of hydrogen-bond acceptors (Lipinski definition) is 8. The molecule has 0 bridgehead atoms. The SMILES string of the molecule is CC(C)=CC(=O)N1CCN(c2c(F)cc(N3C[C@H](CN(N)/C=C\N)OC3=O)cc2F)CCN1C=O. The van der Waals surface area contributed by atoms with Gasteiger partial charge in [-0.3, -0.25) is 19.5 Å². The maximum atomic E-state index is 15.1. The van der Waals surface area contributed by atoms with Gasteiger partial charge < -0.3 is 20.4 Å². The van der Waals surface area contributed by atoms with E-state index in [2.05, 4.69) is 0 Å². The number of cyclic esters (lactones) is 1. The number of halogens is 2. The van der Waals surface area contributed by atoms with Gasteiger partial charge in [-0.25, -0.2) is 24.4 Å². The zero-order valence-electron chi connectivity index (χ0n) is 19.6. The molecule has 11 nitrogen and oxygen atoms in total. The van der Waals surface area contributed by atoms with Crippen LogP contribution in [0.2, 0.25) is 0 Å². The summed E-state index contributed by atoms with van der Waals surface area (Å²) in [5.41, 5.74) is 5.73. The number of carbonyl (C=O) groups is 3. The number of ether oxygens (including phenoxy) is 1. The number of nitrogens with two attached hydrogens (primary N) is 2. The van der Waals surface area contributed by atoms with Gasteiger partial charge in [0.2, 0.25) is 6.41 Å². The fourth-order valence-corrected chi connectivity index (χ4v) is 3.94. The smallest absolute Gasteiger partial charge is 0.414 e. The van der Waals surface area contributed by atoms with E-state index < -0.39 is 29.7 Å². The minimum Gasteiger partial charge on any atom is -0.442 e. The highest BCUT2D eigenvalue weighted by molar-refractivity contribution is 5.90. The summed E-state index contributed by atoms with van der Waals surface area (Å²) < 4.78 is 35.5. The van der Waals surface area contributed by atoms with Gasteiger partial charge in [-0.15, -0.1) is 0 Å². The predicted octanol–water partition coefficient (Wildman–Crippen LogP) is 0.884. The van der Waals surface area contributed by atoms with Crippen LogP contribution in [0.5, 0.6) is 0 Å². The van der Waals surface area contributed by atoms with Crippen LogP contribution in [0.3, 0.4) is 0 Å². The van der Waals surface area contributed by atoms with Crippen molar-refractivity contribution in [1.82, 2.24) is 15.0 Å². The molecule has 2 fully saturated rings. The Labute approximate surface area is 201 Å². The molecule has 3 rings (SSSR count). The van der Waals surface area contributed by atoms with Gasteiger partial charge in [-0.05, 0) is 13.8 Å². The molecule has 1 aromatic carbocycles. The van der Waals surface area contributed by atoms with E-state index in [1.54, 1.807) is 13.8 Å². The van der Waals surface area contributed by atoms with Crippen molar-refractivity contribution in [3.63, 3.8) is 0 Å². The molecule has 13 heteroatoms. The molecule has 0 aromatic heterocycles. The average molecular weight is 494 g/mol. The zero-order valence-corrected chi connectivity index (χ0v) is 19.6. The lowest BCUT2D eigenvalue weighted by molar-refractivity contribution is -0.151. The molecule has 0 saturated carbocycles. The molecular formula is C22H29F2N7O4. The Hall–Kier alpha value is -3.87. The van der Waals surface area contributed by atoms with E-state index in [1.807, 2.05) is 0 Å². The second kappa shape index (κ2) is 11.0. The van der Waals surface area contributed by atoms with Crippen LogP contribution in [-0.4, -0.2) is 78.8 Å². The second-order valence-corrected chi connectivity index (χ2v) is 8.35. The van der Waals surface area contributed by atoms with E-state index in [9.17, 15) is 14.4 Å². The molecule has 0 aliphatic carbocycles. The summed E-state index contributed by atoms with van der Waals surface area (Å²) in [5, 5.41) is 3.66. The van der Waals surface area contributed by atoms with Gasteiger partial charge in [0.25, 0.3) is 5.91 Å². The molecule has 4 N–H and O–H groups in total. The van der Waals surface area contributed by atoms with Crippen LogP contribution >= 0.6 is 0 Å². The first-order valence-electron chi connectivity index (χ1n) is 10.9. The number of nitrogens with zero attached hydrogens (tertiary/aromatic N) is 5. The Kier molecular flexibility index (Phi) is 8.12. The summed E-state index contributed by atoms with van der Waals surface area (Å²) in [6.45, 7) is 3.98. The van der Waals surface area contributed by atoms with Gasteiger partial charge in [0.15, 0.2) is 11.6 Å². The van der Waals surface area contributed by atoms with Gasteiger partial charge in [-0.2, -0.15) is 0 Å². The molecule has 190 valence electrons. The molecule has 1 atom stereocenters. The number of benzene rings is 1. The predicted molar refractivity (Wildman–Crippen MR) is 124 cm³/mol. The largest absolute Gasteiger partial charge is 0.442 e. The third-order valence-corrected chi connectivity index (χ3v) is 5.47. The molecular weight excluding hydrogens is 464 g/mol. The van der Waals surface area contributed by atoms with Crippen molar-refractivity contribution >= 4 is 29.8 Å². The number of rotatable bonds is 7. The first kappa shape index (κ1) is 25.7. The summed E-state index contributed by atoms with van der Waals surface area (Å²) in [6.07, 6.45) is 3.14. The molecule has 2 aliphatic heterocycles. The topological polar surface area (TPSA) is 129 Å². The Morgan fingerprint density at radius 3 is 2.46 bits per heavy atom. The van der Waals surface area contributed by atoms with Crippen molar-refractivity contribution in [2.45, 2.75) is 20.0 Å². The molecule has 2 aliphatic rings. The average Bonchev–Trinajstić information content (AvgIpc) is 3.00. The minimum atomic E-state index is -0.885. The van der Waals surface area contributed by atoms with Gasteiger partial charge >= 0.3 is 6.09 Å². The first-order valence-corrected chi connectivity index (χ1v) is 10.9. The van der Waals surface area contributed by atoms with Crippen molar-refractivity contribution in [1.29, 1.82) is 0 Å². The quantitative estimate of drug-likeness (QED) is 0.248. The van der Waals surface area contributed by atoms with E-state index >= 15 is 8.78 Å². The highest BCUT2D eigenvalue weighted by Gasteiger charge is 2.34. The summed E-state index contributed by atoms with van der Waals surface area (Å²) in [7, 11) is 0. The minimum absolute atomic E-state index is 0.00103. The summed E-state index contributed by atoms with van der Waals surface area (Å²) in [6, 6.07) is 2.10. The summed E-state index contributed by atoms with van der Waals surface area (Å²) >= 11 is 0. The van der Waals surface area contributed by atoms with Crippen LogP contribution in [0.25, 0.3) is 0 Å². The van der Waals surface area contributed by atoms with Gasteiger partial charge in [0.05, 0.1) is 31.9 Å². The highest BCUT2D eigenvalue weighted by atomic mass is 19.1. The second-order valence-electron chi connectivity index (χ2n) is 8.35. The van der Waals surface area contributed by atoms with E-state index in [0.717, 1.165) is 22.6 Å². The van der Waals surface area contributed by atoms with Gasteiger partial charge in [0.1, 0.15) is 11.8 Å². The van der Waals surface area contributed by atoms with Crippen molar-refractivity contribution in [3.8, 4) is 0 Å². The lowest BCUT2D eigenvalue weighted by atomic mass is 10.2. The third kappa shape index (κ3) is 5.98. The van der Waals surface area contributed by atoms with Crippen molar-refractivity contribution < 1.29 is 27.9 Å². The highest BCUT2D eigenvalue weighted by Crippen LogP contribution is 2.31. The van der Waals surface area contributed by atoms with Crippen molar-refractivity contribution in [2.75, 3.05) is 49.1 Å². The van der Waals surface area contributed by atoms with Gasteiger partial charge in [-0.1, -0.05) is 5.57 Å².